The Balaban J connectivity index is 1.35. The number of piperidine rings is 1. The van der Waals surface area contributed by atoms with Gasteiger partial charge in [-0.15, -0.1) is 22.7 Å². The van der Waals surface area contributed by atoms with E-state index in [1.54, 1.807) is 40.9 Å². The van der Waals surface area contributed by atoms with Crippen LogP contribution in [0.25, 0.3) is 20.8 Å². The Morgan fingerprint density at radius 3 is 2.68 bits per heavy atom. The summed E-state index contributed by atoms with van der Waals surface area (Å²) in [6.45, 7) is 3.33. The number of hydrogen-bond donors (Lipinski definition) is 1. The standard InChI is InChI=1S/C28H29N3O3S3/c1-18-12-13-21-24(16-18)36-28(25(21)27-29-22-10-3-4-11-23(22)35-27)30-26(32)19-8-7-9-20(17-19)37(33,34)31-14-5-2-6-15-31/h3-4,7-11,17-18H,2,5-6,12-16H2,1H3,(H,30,32)/t18-/m0/s1. The topological polar surface area (TPSA) is 79.4 Å². The zero-order valence-electron chi connectivity index (χ0n) is 20.7. The van der Waals surface area contributed by atoms with Gasteiger partial charge in [0, 0.05) is 29.1 Å². The third kappa shape index (κ3) is 4.74. The highest BCUT2D eigenvalue weighted by Crippen LogP contribution is 2.47. The van der Waals surface area contributed by atoms with E-state index in [1.807, 2.05) is 18.2 Å². The Kier molecular flexibility index (Phi) is 6.65. The summed E-state index contributed by atoms with van der Waals surface area (Å²) in [7, 11) is -3.62. The first-order valence-corrected chi connectivity index (χ1v) is 15.9. The highest BCUT2D eigenvalue weighted by molar-refractivity contribution is 7.89. The third-order valence-electron chi connectivity index (χ3n) is 7.30. The molecule has 1 N–H and O–H groups in total. The van der Waals surface area contributed by atoms with E-state index in [9.17, 15) is 13.2 Å². The molecular formula is C28H29N3O3S3. The molecule has 1 saturated heterocycles. The molecule has 6 rings (SSSR count). The molecule has 0 spiro atoms. The minimum absolute atomic E-state index is 0.174. The number of hydrogen-bond acceptors (Lipinski definition) is 6. The normalized spacial score (nSPS) is 18.6. The molecule has 37 heavy (non-hydrogen) atoms. The van der Waals surface area contributed by atoms with Gasteiger partial charge in [-0.2, -0.15) is 4.31 Å². The number of aromatic nitrogens is 1. The van der Waals surface area contributed by atoms with Crippen molar-refractivity contribution >= 4 is 53.8 Å². The number of carbonyl (C=O) groups is 1. The van der Waals surface area contributed by atoms with E-state index in [2.05, 4.69) is 18.3 Å². The van der Waals surface area contributed by atoms with Gasteiger partial charge in [-0.1, -0.05) is 31.5 Å². The van der Waals surface area contributed by atoms with Crippen molar-refractivity contribution in [2.75, 3.05) is 18.4 Å². The van der Waals surface area contributed by atoms with Gasteiger partial charge in [-0.05, 0) is 73.9 Å². The Labute approximate surface area is 225 Å². The monoisotopic (exact) mass is 551 g/mol. The summed E-state index contributed by atoms with van der Waals surface area (Å²) in [5.41, 5.74) is 3.62. The number of carbonyl (C=O) groups excluding carboxylic acids is 1. The number of thiophene rings is 1. The van der Waals surface area contributed by atoms with E-state index >= 15 is 0 Å². The lowest BCUT2D eigenvalue weighted by molar-refractivity contribution is 0.102. The number of nitrogens with one attached hydrogen (secondary N) is 1. The summed E-state index contributed by atoms with van der Waals surface area (Å²) < 4.78 is 29.0. The number of anilines is 1. The summed E-state index contributed by atoms with van der Waals surface area (Å²) in [4.78, 5) is 19.9. The van der Waals surface area contributed by atoms with Crippen LogP contribution in [0.3, 0.4) is 0 Å². The van der Waals surface area contributed by atoms with Gasteiger partial charge in [0.05, 0.1) is 15.1 Å². The summed E-state index contributed by atoms with van der Waals surface area (Å²) >= 11 is 3.28. The molecule has 1 aliphatic heterocycles. The molecule has 0 bridgehead atoms. The van der Waals surface area contributed by atoms with Gasteiger partial charge in [0.15, 0.2) is 0 Å². The van der Waals surface area contributed by atoms with Crippen LogP contribution in [-0.4, -0.2) is 36.7 Å². The Morgan fingerprint density at radius 1 is 1.05 bits per heavy atom. The molecule has 192 valence electrons. The molecular weight excluding hydrogens is 523 g/mol. The van der Waals surface area contributed by atoms with Gasteiger partial charge >= 0.3 is 0 Å². The van der Waals surface area contributed by atoms with Crippen LogP contribution in [0.5, 0.6) is 0 Å². The fraction of sp³-hybridized carbons (Fsp3) is 0.357. The van der Waals surface area contributed by atoms with Crippen LogP contribution < -0.4 is 5.32 Å². The Bertz CT molecular complexity index is 1550. The van der Waals surface area contributed by atoms with E-state index in [1.165, 1.54) is 20.8 Å². The highest BCUT2D eigenvalue weighted by Gasteiger charge is 2.29. The van der Waals surface area contributed by atoms with Gasteiger partial charge in [0.1, 0.15) is 10.0 Å². The molecule has 3 heterocycles. The predicted octanol–water partition coefficient (Wildman–Crippen LogP) is 6.58. The van der Waals surface area contributed by atoms with Crippen LogP contribution in [0, 0.1) is 5.92 Å². The average molecular weight is 552 g/mol. The molecule has 0 radical (unpaired) electrons. The molecule has 1 atom stereocenters. The molecule has 9 heteroatoms. The van der Waals surface area contributed by atoms with Crippen LogP contribution in [-0.2, 0) is 22.9 Å². The second-order valence-electron chi connectivity index (χ2n) is 9.99. The van der Waals surface area contributed by atoms with Crippen molar-refractivity contribution in [3.8, 4) is 10.6 Å². The summed E-state index contributed by atoms with van der Waals surface area (Å²) in [6.07, 6.45) is 5.88. The predicted molar refractivity (Wildman–Crippen MR) is 151 cm³/mol. The number of amides is 1. The van der Waals surface area contributed by atoms with Crippen LogP contribution in [0.2, 0.25) is 0 Å². The second-order valence-corrected chi connectivity index (χ2v) is 14.1. The lowest BCUT2D eigenvalue weighted by Gasteiger charge is -2.26. The van der Waals surface area contributed by atoms with Gasteiger partial charge < -0.3 is 5.32 Å². The van der Waals surface area contributed by atoms with Gasteiger partial charge in [0.25, 0.3) is 5.91 Å². The third-order valence-corrected chi connectivity index (χ3v) is 11.4. The molecule has 2 aromatic carbocycles. The van der Waals surface area contributed by atoms with Crippen LogP contribution in [0.4, 0.5) is 5.00 Å². The maximum atomic E-state index is 13.5. The molecule has 1 fully saturated rings. The Morgan fingerprint density at radius 2 is 1.86 bits per heavy atom. The molecule has 2 aliphatic rings. The molecule has 6 nitrogen and oxygen atoms in total. The summed E-state index contributed by atoms with van der Waals surface area (Å²) in [5, 5.41) is 4.86. The van der Waals surface area contributed by atoms with E-state index in [4.69, 9.17) is 4.98 Å². The van der Waals surface area contributed by atoms with E-state index in [-0.39, 0.29) is 10.8 Å². The number of nitrogens with zero attached hydrogens (tertiary/aromatic N) is 2. The zero-order valence-corrected chi connectivity index (χ0v) is 23.1. The number of benzene rings is 2. The summed E-state index contributed by atoms with van der Waals surface area (Å²) in [6, 6.07) is 14.5. The molecule has 4 aromatic rings. The van der Waals surface area contributed by atoms with Crippen molar-refractivity contribution < 1.29 is 13.2 Å². The quantitative estimate of drug-likeness (QED) is 0.304. The molecule has 1 aliphatic carbocycles. The number of fused-ring (bicyclic) bond motifs is 2. The molecule has 0 unspecified atom stereocenters. The molecule has 1 amide bonds. The van der Waals surface area contributed by atoms with Crippen molar-refractivity contribution in [3.63, 3.8) is 0 Å². The van der Waals surface area contributed by atoms with Gasteiger partial charge in [0.2, 0.25) is 10.0 Å². The largest absolute Gasteiger partial charge is 0.313 e. The first-order chi connectivity index (χ1) is 17.9. The van der Waals surface area contributed by atoms with Crippen molar-refractivity contribution in [1.82, 2.24) is 9.29 Å². The average Bonchev–Trinajstić information content (AvgIpc) is 3.49. The molecule has 2 aromatic heterocycles. The summed E-state index contributed by atoms with van der Waals surface area (Å²) in [5.74, 6) is 0.305. The van der Waals surface area contributed by atoms with E-state index < -0.39 is 10.0 Å². The fourth-order valence-corrected chi connectivity index (χ4v) is 9.35. The minimum atomic E-state index is -3.62. The number of thiazole rings is 1. The fourth-order valence-electron chi connectivity index (χ4n) is 5.27. The zero-order chi connectivity index (χ0) is 25.6. The first-order valence-electron chi connectivity index (χ1n) is 12.8. The van der Waals surface area contributed by atoms with Crippen LogP contribution in [0.1, 0.15) is 53.4 Å². The minimum Gasteiger partial charge on any atom is -0.313 e. The lowest BCUT2D eigenvalue weighted by atomic mass is 9.88. The lowest BCUT2D eigenvalue weighted by Crippen LogP contribution is -2.35. The molecule has 0 saturated carbocycles. The smallest absolute Gasteiger partial charge is 0.256 e. The second kappa shape index (κ2) is 9.94. The van der Waals surface area contributed by atoms with Crippen molar-refractivity contribution in [2.45, 2.75) is 50.3 Å². The van der Waals surface area contributed by atoms with E-state index in [0.717, 1.165) is 64.3 Å². The highest BCUT2D eigenvalue weighted by atomic mass is 32.2. The van der Waals surface area contributed by atoms with Crippen molar-refractivity contribution in [1.29, 1.82) is 0 Å². The van der Waals surface area contributed by atoms with Crippen LogP contribution in [0.15, 0.2) is 53.4 Å². The maximum absolute atomic E-state index is 13.5. The maximum Gasteiger partial charge on any atom is 0.256 e. The van der Waals surface area contributed by atoms with Gasteiger partial charge in [-0.3, -0.25) is 4.79 Å². The number of sulfonamides is 1. The number of para-hydroxylation sites is 1. The van der Waals surface area contributed by atoms with E-state index in [0.29, 0.717) is 24.6 Å². The number of rotatable bonds is 5. The van der Waals surface area contributed by atoms with Crippen molar-refractivity contribution in [2.24, 2.45) is 5.92 Å². The first kappa shape index (κ1) is 24.7. The van der Waals surface area contributed by atoms with Crippen LogP contribution >= 0.6 is 22.7 Å². The Hall–Kier alpha value is -2.59. The van der Waals surface area contributed by atoms with Crippen molar-refractivity contribution in [3.05, 3.63) is 64.5 Å². The SMILES string of the molecule is C[C@H]1CCc2c(sc(NC(=O)c3cccc(S(=O)(=O)N4CCCCC4)c3)c2-c2nc3ccccc3s2)C1. The van der Waals surface area contributed by atoms with Gasteiger partial charge in [-0.25, -0.2) is 13.4 Å².